The number of likely N-dealkylation sites (tertiary alicyclic amines) is 1. The van der Waals surface area contributed by atoms with Gasteiger partial charge in [-0.2, -0.15) is 0 Å². The van der Waals surface area contributed by atoms with Gasteiger partial charge in [-0.25, -0.2) is 9.97 Å². The molecule has 1 aromatic heterocycles. The summed E-state index contributed by atoms with van der Waals surface area (Å²) in [6.45, 7) is 3.98. The Bertz CT molecular complexity index is 372. The predicted octanol–water partition coefficient (Wildman–Crippen LogP) is 0.465. The molecule has 5 nitrogen and oxygen atoms in total. The summed E-state index contributed by atoms with van der Waals surface area (Å²) in [7, 11) is 2.16. The van der Waals surface area contributed by atoms with E-state index in [2.05, 4.69) is 27.2 Å². The number of hydrogen-bond acceptors (Lipinski definition) is 5. The smallest absolute Gasteiger partial charge is 0.222 e. The van der Waals surface area contributed by atoms with Crippen molar-refractivity contribution in [1.82, 2.24) is 14.9 Å². The number of aromatic nitrogens is 2. The molecule has 5 heteroatoms. The molecule has 0 saturated carbocycles. The quantitative estimate of drug-likeness (QED) is 0.823. The van der Waals surface area contributed by atoms with Crippen molar-refractivity contribution >= 4 is 5.95 Å². The molecule has 3 heterocycles. The van der Waals surface area contributed by atoms with E-state index in [9.17, 15) is 0 Å². The Kier molecular flexibility index (Phi) is 2.94. The molecule has 2 fully saturated rings. The van der Waals surface area contributed by atoms with Gasteiger partial charge < -0.3 is 15.0 Å². The number of rotatable bonds is 3. The fourth-order valence-corrected chi connectivity index (χ4v) is 2.82. The van der Waals surface area contributed by atoms with E-state index in [4.69, 9.17) is 4.74 Å². The lowest BCUT2D eigenvalue weighted by Gasteiger charge is -2.17. The number of hydrogen-bond donors (Lipinski definition) is 1. The minimum Gasteiger partial charge on any atom is -0.376 e. The Hall–Kier alpha value is -1.20. The number of ether oxygens (including phenoxy) is 1. The van der Waals surface area contributed by atoms with E-state index in [1.54, 1.807) is 12.4 Å². The highest BCUT2D eigenvalue weighted by molar-refractivity contribution is 5.22. The topological polar surface area (TPSA) is 50.3 Å². The van der Waals surface area contributed by atoms with Gasteiger partial charge in [0.2, 0.25) is 5.95 Å². The van der Waals surface area contributed by atoms with Crippen molar-refractivity contribution in [3.63, 3.8) is 0 Å². The van der Waals surface area contributed by atoms with Crippen LogP contribution in [0.1, 0.15) is 0 Å². The second-order valence-electron chi connectivity index (χ2n) is 4.97. The standard InChI is InChI=1S/C12H18N4O/c1-16-6-10-9(8-17-11(10)7-16)5-15-12-13-3-2-4-14-12/h2-4,9-11H,5-8H2,1H3,(H,13,14,15)/t9-,10+,11+/m0/s1. The first-order valence-corrected chi connectivity index (χ1v) is 6.14. The molecule has 0 spiro atoms. The van der Waals surface area contributed by atoms with Crippen LogP contribution in [0, 0.1) is 11.8 Å². The molecule has 0 aliphatic carbocycles. The van der Waals surface area contributed by atoms with E-state index >= 15 is 0 Å². The van der Waals surface area contributed by atoms with Crippen LogP contribution in [-0.2, 0) is 4.74 Å². The van der Waals surface area contributed by atoms with Gasteiger partial charge in [0.1, 0.15) is 0 Å². The predicted molar refractivity (Wildman–Crippen MR) is 64.7 cm³/mol. The van der Waals surface area contributed by atoms with Gasteiger partial charge in [-0.3, -0.25) is 0 Å². The van der Waals surface area contributed by atoms with E-state index in [0.717, 1.165) is 26.2 Å². The number of fused-ring (bicyclic) bond motifs is 1. The Morgan fingerprint density at radius 2 is 2.24 bits per heavy atom. The summed E-state index contributed by atoms with van der Waals surface area (Å²) in [5, 5.41) is 3.29. The number of likely N-dealkylation sites (N-methyl/N-ethyl adjacent to an activating group) is 1. The van der Waals surface area contributed by atoms with Gasteiger partial charge in [0.25, 0.3) is 0 Å². The molecule has 0 amide bonds. The van der Waals surface area contributed by atoms with Crippen molar-refractivity contribution in [3.8, 4) is 0 Å². The van der Waals surface area contributed by atoms with E-state index < -0.39 is 0 Å². The third-order valence-electron chi connectivity index (χ3n) is 3.71. The molecule has 0 aromatic carbocycles. The molecular weight excluding hydrogens is 216 g/mol. The SMILES string of the molecule is CN1C[C@@H]2[C@@H](CNc3ncccn3)CO[C@@H]2C1. The van der Waals surface area contributed by atoms with Gasteiger partial charge in [0.15, 0.2) is 0 Å². The van der Waals surface area contributed by atoms with Gasteiger partial charge in [-0.05, 0) is 13.1 Å². The summed E-state index contributed by atoms with van der Waals surface area (Å²) in [5.74, 6) is 1.95. The van der Waals surface area contributed by atoms with Gasteiger partial charge in [0.05, 0.1) is 12.7 Å². The molecule has 0 unspecified atom stereocenters. The molecule has 2 saturated heterocycles. The zero-order valence-electron chi connectivity index (χ0n) is 10.0. The second-order valence-corrected chi connectivity index (χ2v) is 4.97. The first-order valence-electron chi connectivity index (χ1n) is 6.14. The Labute approximate surface area is 101 Å². The average Bonchev–Trinajstić information content (AvgIpc) is 2.87. The monoisotopic (exact) mass is 234 g/mol. The first kappa shape index (κ1) is 10.9. The van der Waals surface area contributed by atoms with E-state index in [0.29, 0.717) is 23.9 Å². The van der Waals surface area contributed by atoms with Gasteiger partial charge >= 0.3 is 0 Å². The van der Waals surface area contributed by atoms with Crippen molar-refractivity contribution in [1.29, 1.82) is 0 Å². The van der Waals surface area contributed by atoms with Crippen LogP contribution in [0.3, 0.4) is 0 Å². The van der Waals surface area contributed by atoms with Crippen LogP contribution < -0.4 is 5.32 Å². The van der Waals surface area contributed by atoms with Crippen molar-refractivity contribution in [2.45, 2.75) is 6.10 Å². The highest BCUT2D eigenvalue weighted by Gasteiger charge is 2.42. The van der Waals surface area contributed by atoms with E-state index in [1.807, 2.05) is 6.07 Å². The average molecular weight is 234 g/mol. The number of nitrogens with one attached hydrogen (secondary N) is 1. The molecule has 2 aliphatic heterocycles. The zero-order chi connectivity index (χ0) is 11.7. The van der Waals surface area contributed by atoms with Crippen molar-refractivity contribution < 1.29 is 4.74 Å². The van der Waals surface area contributed by atoms with Crippen LogP contribution in [0.5, 0.6) is 0 Å². The van der Waals surface area contributed by atoms with Crippen LogP contribution in [0.4, 0.5) is 5.95 Å². The Morgan fingerprint density at radius 3 is 3.06 bits per heavy atom. The molecule has 1 aromatic rings. The minimum atomic E-state index is 0.434. The maximum Gasteiger partial charge on any atom is 0.222 e. The number of nitrogens with zero attached hydrogens (tertiary/aromatic N) is 3. The maximum atomic E-state index is 5.83. The largest absolute Gasteiger partial charge is 0.376 e. The van der Waals surface area contributed by atoms with Crippen molar-refractivity contribution in [2.75, 3.05) is 38.6 Å². The minimum absolute atomic E-state index is 0.434. The molecule has 0 radical (unpaired) electrons. The van der Waals surface area contributed by atoms with Crippen LogP contribution in [-0.4, -0.2) is 54.3 Å². The summed E-state index contributed by atoms with van der Waals surface area (Å²) in [4.78, 5) is 10.7. The lowest BCUT2D eigenvalue weighted by molar-refractivity contribution is 0.0992. The van der Waals surface area contributed by atoms with E-state index in [-0.39, 0.29) is 0 Å². The highest BCUT2D eigenvalue weighted by Crippen LogP contribution is 2.32. The molecule has 3 rings (SSSR count). The zero-order valence-corrected chi connectivity index (χ0v) is 10.0. The van der Waals surface area contributed by atoms with Crippen LogP contribution in [0.25, 0.3) is 0 Å². The molecule has 92 valence electrons. The van der Waals surface area contributed by atoms with Crippen molar-refractivity contribution in [2.24, 2.45) is 11.8 Å². The van der Waals surface area contributed by atoms with Crippen molar-refractivity contribution in [3.05, 3.63) is 18.5 Å². The van der Waals surface area contributed by atoms with E-state index in [1.165, 1.54) is 0 Å². The lowest BCUT2D eigenvalue weighted by Crippen LogP contribution is -2.26. The Morgan fingerprint density at radius 1 is 1.41 bits per heavy atom. The molecule has 17 heavy (non-hydrogen) atoms. The third kappa shape index (κ3) is 2.25. The normalized spacial score (nSPS) is 32.6. The van der Waals surface area contributed by atoms with Gasteiger partial charge in [0, 0.05) is 43.9 Å². The lowest BCUT2D eigenvalue weighted by atomic mass is 9.93. The fourth-order valence-electron chi connectivity index (χ4n) is 2.82. The molecule has 2 aliphatic rings. The molecule has 3 atom stereocenters. The van der Waals surface area contributed by atoms with Crippen LogP contribution >= 0.6 is 0 Å². The molecule has 1 N–H and O–H groups in total. The Balaban J connectivity index is 1.56. The van der Waals surface area contributed by atoms with Crippen LogP contribution in [0.2, 0.25) is 0 Å². The summed E-state index contributed by atoms with van der Waals surface area (Å²) in [6.07, 6.45) is 3.95. The second kappa shape index (κ2) is 4.58. The molecular formula is C12H18N4O. The molecule has 0 bridgehead atoms. The van der Waals surface area contributed by atoms with Crippen LogP contribution in [0.15, 0.2) is 18.5 Å². The summed E-state index contributed by atoms with van der Waals surface area (Å²) in [6, 6.07) is 1.83. The summed E-state index contributed by atoms with van der Waals surface area (Å²) in [5.41, 5.74) is 0. The maximum absolute atomic E-state index is 5.83. The number of anilines is 1. The fraction of sp³-hybridized carbons (Fsp3) is 0.667. The third-order valence-corrected chi connectivity index (χ3v) is 3.71. The van der Waals surface area contributed by atoms with Gasteiger partial charge in [-0.15, -0.1) is 0 Å². The first-order chi connectivity index (χ1) is 8.33. The van der Waals surface area contributed by atoms with Gasteiger partial charge in [-0.1, -0.05) is 0 Å². The summed E-state index contributed by atoms with van der Waals surface area (Å²) >= 11 is 0. The summed E-state index contributed by atoms with van der Waals surface area (Å²) < 4.78 is 5.83. The highest BCUT2D eigenvalue weighted by atomic mass is 16.5.